The molecule has 8 heteroatoms. The number of nitrogens with one attached hydrogen (secondary N) is 2. The third-order valence-electron chi connectivity index (χ3n) is 8.20. The standard InChI is InChI=1S/C31H37N5O3/c1-21(29-33-20-25(34-29)17-22-9-4-2-5-10-22)31(30(32)39,35-27(37)18-23-14-15-23)19-28(38)36-16-8-13-26(36)24-11-6-3-7-12-24/h2-7,9-12,20-21,23,26H,8,13-19H2,1H3,(H2,32,39)(H,33,34)(H,35,37)/t21-,26-,31?/m1/s1. The van der Waals surface area contributed by atoms with Gasteiger partial charge < -0.3 is 20.9 Å². The lowest BCUT2D eigenvalue weighted by Gasteiger charge is -2.38. The first kappa shape index (κ1) is 26.7. The summed E-state index contributed by atoms with van der Waals surface area (Å²) in [6.45, 7) is 2.40. The molecule has 1 saturated heterocycles. The van der Waals surface area contributed by atoms with Gasteiger partial charge in [0.25, 0.3) is 0 Å². The van der Waals surface area contributed by atoms with Gasteiger partial charge in [0.1, 0.15) is 11.4 Å². The van der Waals surface area contributed by atoms with Crippen molar-refractivity contribution in [2.24, 2.45) is 11.7 Å². The minimum Gasteiger partial charge on any atom is -0.368 e. The van der Waals surface area contributed by atoms with Gasteiger partial charge in [-0.3, -0.25) is 14.4 Å². The van der Waals surface area contributed by atoms with E-state index in [2.05, 4.69) is 15.3 Å². The van der Waals surface area contributed by atoms with E-state index in [0.29, 0.717) is 31.1 Å². The summed E-state index contributed by atoms with van der Waals surface area (Å²) >= 11 is 0. The van der Waals surface area contributed by atoms with Gasteiger partial charge in [-0.1, -0.05) is 67.6 Å². The molecule has 0 radical (unpaired) electrons. The quantitative estimate of drug-likeness (QED) is 0.349. The predicted molar refractivity (Wildman–Crippen MR) is 148 cm³/mol. The van der Waals surface area contributed by atoms with E-state index >= 15 is 0 Å². The van der Waals surface area contributed by atoms with Gasteiger partial charge >= 0.3 is 0 Å². The van der Waals surface area contributed by atoms with Crippen LogP contribution >= 0.6 is 0 Å². The first-order valence-electron chi connectivity index (χ1n) is 13.9. The van der Waals surface area contributed by atoms with E-state index in [0.717, 1.165) is 42.5 Å². The number of carbonyl (C=O) groups excluding carboxylic acids is 3. The van der Waals surface area contributed by atoms with Crippen LogP contribution in [0, 0.1) is 5.92 Å². The van der Waals surface area contributed by atoms with Crippen molar-refractivity contribution >= 4 is 17.7 Å². The SMILES string of the molecule is C[C@H](c1ncc(Cc2ccccc2)[nH]1)C(CC(=O)N1CCC[C@@H]1c1ccccc1)(NC(=O)CC1CC1)C(N)=O. The molecule has 3 aromatic rings. The van der Waals surface area contributed by atoms with E-state index in [1.807, 2.05) is 65.6 Å². The number of rotatable bonds is 11. The van der Waals surface area contributed by atoms with Gasteiger partial charge in [0, 0.05) is 37.2 Å². The minimum atomic E-state index is -1.62. The van der Waals surface area contributed by atoms with Gasteiger partial charge in [0.05, 0.1) is 12.5 Å². The van der Waals surface area contributed by atoms with Crippen LogP contribution in [0.15, 0.2) is 66.9 Å². The number of hydrogen-bond acceptors (Lipinski definition) is 4. The Morgan fingerprint density at radius 1 is 1.08 bits per heavy atom. The Morgan fingerprint density at radius 3 is 2.44 bits per heavy atom. The molecular weight excluding hydrogens is 490 g/mol. The molecule has 8 nitrogen and oxygen atoms in total. The van der Waals surface area contributed by atoms with Crippen molar-refractivity contribution in [3.8, 4) is 0 Å². The summed E-state index contributed by atoms with van der Waals surface area (Å²) in [5, 5.41) is 2.95. The molecule has 3 atom stereocenters. The number of aromatic amines is 1. The third-order valence-corrected chi connectivity index (χ3v) is 8.20. The van der Waals surface area contributed by atoms with Crippen LogP contribution in [0.1, 0.15) is 80.1 Å². The van der Waals surface area contributed by atoms with Crippen LogP contribution in [0.5, 0.6) is 0 Å². The summed E-state index contributed by atoms with van der Waals surface area (Å²) in [6, 6.07) is 19.9. The number of amides is 3. The predicted octanol–water partition coefficient (Wildman–Crippen LogP) is 4.00. The van der Waals surface area contributed by atoms with Gasteiger partial charge in [0.15, 0.2) is 0 Å². The van der Waals surface area contributed by atoms with Gasteiger partial charge in [-0.2, -0.15) is 0 Å². The van der Waals surface area contributed by atoms with Gasteiger partial charge in [-0.05, 0) is 42.7 Å². The molecule has 1 aliphatic carbocycles. The Hall–Kier alpha value is -3.94. The number of imidazole rings is 1. The van der Waals surface area contributed by atoms with Crippen LogP contribution in [0.4, 0.5) is 0 Å². The number of primary amides is 1. The van der Waals surface area contributed by atoms with E-state index in [1.54, 1.807) is 13.1 Å². The largest absolute Gasteiger partial charge is 0.368 e. The van der Waals surface area contributed by atoms with Crippen LogP contribution in [0.25, 0.3) is 0 Å². The van der Waals surface area contributed by atoms with Crippen LogP contribution in [0.2, 0.25) is 0 Å². The van der Waals surface area contributed by atoms with Crippen molar-refractivity contribution in [2.45, 2.75) is 69.4 Å². The van der Waals surface area contributed by atoms with Crippen LogP contribution in [0.3, 0.4) is 0 Å². The van der Waals surface area contributed by atoms with Crippen molar-refractivity contribution < 1.29 is 14.4 Å². The highest BCUT2D eigenvalue weighted by atomic mass is 16.2. The molecule has 2 fully saturated rings. The van der Waals surface area contributed by atoms with Crippen molar-refractivity contribution in [2.75, 3.05) is 6.54 Å². The maximum Gasteiger partial charge on any atom is 0.244 e. The zero-order valence-corrected chi connectivity index (χ0v) is 22.4. The molecule has 0 bridgehead atoms. The number of nitrogens with zero attached hydrogens (tertiary/aromatic N) is 2. The molecule has 5 rings (SSSR count). The van der Waals surface area contributed by atoms with Crippen molar-refractivity contribution in [3.05, 3.63) is 89.5 Å². The second-order valence-corrected chi connectivity index (χ2v) is 11.0. The highest BCUT2D eigenvalue weighted by Crippen LogP contribution is 2.37. The number of carbonyl (C=O) groups is 3. The minimum absolute atomic E-state index is 0.0668. The summed E-state index contributed by atoms with van der Waals surface area (Å²) in [6.07, 6.45) is 6.21. The van der Waals surface area contributed by atoms with Gasteiger partial charge in [0.2, 0.25) is 17.7 Å². The summed E-state index contributed by atoms with van der Waals surface area (Å²) in [5.41, 5.74) is 7.51. The lowest BCUT2D eigenvalue weighted by atomic mass is 9.79. The van der Waals surface area contributed by atoms with Crippen LogP contribution in [-0.2, 0) is 20.8 Å². The third kappa shape index (κ3) is 6.05. The number of nitrogens with two attached hydrogens (primary N) is 1. The van der Waals surface area contributed by atoms with E-state index in [1.165, 1.54) is 0 Å². The van der Waals surface area contributed by atoms with Crippen molar-refractivity contribution in [1.82, 2.24) is 20.2 Å². The monoisotopic (exact) mass is 527 g/mol. The topological polar surface area (TPSA) is 121 Å². The number of benzene rings is 2. The maximum atomic E-state index is 13.9. The number of hydrogen-bond donors (Lipinski definition) is 3. The van der Waals surface area contributed by atoms with E-state index in [9.17, 15) is 14.4 Å². The summed E-state index contributed by atoms with van der Waals surface area (Å²) in [5.74, 6) is -1.000. The second-order valence-electron chi connectivity index (χ2n) is 11.0. The number of H-pyrrole nitrogens is 1. The van der Waals surface area contributed by atoms with Crippen molar-refractivity contribution in [3.63, 3.8) is 0 Å². The highest BCUT2D eigenvalue weighted by molar-refractivity contribution is 5.96. The molecular formula is C31H37N5O3. The summed E-state index contributed by atoms with van der Waals surface area (Å²) in [7, 11) is 0. The number of likely N-dealkylation sites (tertiary alicyclic amines) is 1. The Bertz CT molecular complexity index is 1300. The normalized spacial score (nSPS) is 19.3. The molecule has 1 saturated carbocycles. The zero-order chi connectivity index (χ0) is 27.4. The molecule has 39 heavy (non-hydrogen) atoms. The number of aromatic nitrogens is 2. The molecule has 1 unspecified atom stereocenters. The maximum absolute atomic E-state index is 13.9. The van der Waals surface area contributed by atoms with Crippen LogP contribution < -0.4 is 11.1 Å². The van der Waals surface area contributed by atoms with Crippen molar-refractivity contribution in [1.29, 1.82) is 0 Å². The van der Waals surface area contributed by atoms with Gasteiger partial charge in [-0.15, -0.1) is 0 Å². The lowest BCUT2D eigenvalue weighted by molar-refractivity contribution is -0.141. The molecule has 4 N–H and O–H groups in total. The summed E-state index contributed by atoms with van der Waals surface area (Å²) in [4.78, 5) is 50.0. The second kappa shape index (κ2) is 11.4. The fourth-order valence-corrected chi connectivity index (χ4v) is 5.71. The van der Waals surface area contributed by atoms with Gasteiger partial charge in [-0.25, -0.2) is 4.98 Å². The fraction of sp³-hybridized carbons (Fsp3) is 0.419. The fourth-order valence-electron chi connectivity index (χ4n) is 5.71. The Balaban J connectivity index is 1.42. The molecule has 3 amide bonds. The molecule has 2 heterocycles. The molecule has 1 aliphatic heterocycles. The van der Waals surface area contributed by atoms with E-state index in [4.69, 9.17) is 5.73 Å². The molecule has 2 aliphatic rings. The highest BCUT2D eigenvalue weighted by Gasteiger charge is 2.49. The van der Waals surface area contributed by atoms with Crippen LogP contribution in [-0.4, -0.2) is 44.7 Å². The lowest BCUT2D eigenvalue weighted by Crippen LogP contribution is -2.62. The van der Waals surface area contributed by atoms with E-state index in [-0.39, 0.29) is 24.3 Å². The smallest absolute Gasteiger partial charge is 0.244 e. The first-order valence-corrected chi connectivity index (χ1v) is 13.9. The zero-order valence-electron chi connectivity index (χ0n) is 22.4. The first-order chi connectivity index (χ1) is 18.9. The molecule has 204 valence electrons. The average molecular weight is 528 g/mol. The Morgan fingerprint density at radius 2 is 1.77 bits per heavy atom. The average Bonchev–Trinajstić information content (AvgIpc) is 3.40. The molecule has 2 aromatic carbocycles. The molecule has 0 spiro atoms. The Kier molecular flexibility index (Phi) is 7.82. The van der Waals surface area contributed by atoms with E-state index < -0.39 is 17.4 Å². The Labute approximate surface area is 229 Å². The molecule has 1 aromatic heterocycles. The summed E-state index contributed by atoms with van der Waals surface area (Å²) < 4.78 is 0.